The summed E-state index contributed by atoms with van der Waals surface area (Å²) in [5.41, 5.74) is 0.468. The molecule has 0 spiro atoms. The monoisotopic (exact) mass is 240 g/mol. The normalized spacial score (nSPS) is 11.2. The van der Waals surface area contributed by atoms with E-state index < -0.39 is 0 Å². The number of aromatic nitrogens is 1. The topological polar surface area (TPSA) is 42.0 Å². The summed E-state index contributed by atoms with van der Waals surface area (Å²) in [6, 6.07) is 5.28. The van der Waals surface area contributed by atoms with Crippen molar-refractivity contribution in [3.63, 3.8) is 0 Å². The minimum absolute atomic E-state index is 0.0200. The second-order valence-electron chi connectivity index (χ2n) is 4.50. The van der Waals surface area contributed by atoms with E-state index in [2.05, 4.69) is 24.1 Å². The average molecular weight is 241 g/mol. The van der Waals surface area contributed by atoms with Gasteiger partial charge in [0, 0.05) is 18.6 Å². The van der Waals surface area contributed by atoms with Gasteiger partial charge in [0.05, 0.1) is 0 Å². The fourth-order valence-corrected chi connectivity index (χ4v) is 1.76. The number of amides is 1. The van der Waals surface area contributed by atoms with Crippen molar-refractivity contribution in [2.45, 2.75) is 20.3 Å². The third-order valence-electron chi connectivity index (χ3n) is 2.40. The van der Waals surface area contributed by atoms with Crippen molar-refractivity contribution in [3.05, 3.63) is 30.1 Å². The van der Waals surface area contributed by atoms with Crippen LogP contribution in [0.1, 0.15) is 30.8 Å². The third kappa shape index (κ3) is 4.19. The Kier molecular flexibility index (Phi) is 4.74. The summed E-state index contributed by atoms with van der Waals surface area (Å²) < 4.78 is 0. The molecule has 4 heteroatoms. The minimum atomic E-state index is -0.136. The molecule has 0 saturated carbocycles. The molecule has 1 aromatic rings. The van der Waals surface area contributed by atoms with E-state index in [1.54, 1.807) is 24.4 Å². The second kappa shape index (κ2) is 5.85. The molecular weight excluding hydrogens is 224 g/mol. The van der Waals surface area contributed by atoms with E-state index in [0.29, 0.717) is 18.1 Å². The Morgan fingerprint density at radius 1 is 1.50 bits per heavy atom. The lowest BCUT2D eigenvalue weighted by molar-refractivity contribution is 0.0931. The lowest BCUT2D eigenvalue weighted by Gasteiger charge is -2.23. The maximum absolute atomic E-state index is 11.7. The van der Waals surface area contributed by atoms with Crippen molar-refractivity contribution >= 4 is 17.5 Å². The van der Waals surface area contributed by atoms with Gasteiger partial charge in [0.2, 0.25) is 0 Å². The van der Waals surface area contributed by atoms with Crippen LogP contribution in [0.2, 0.25) is 0 Å². The molecular formula is C12H17ClN2O. The van der Waals surface area contributed by atoms with Gasteiger partial charge >= 0.3 is 0 Å². The lowest BCUT2D eigenvalue weighted by atomic mass is 9.90. The molecule has 0 saturated heterocycles. The average Bonchev–Trinajstić information content (AvgIpc) is 2.27. The highest BCUT2D eigenvalue weighted by molar-refractivity contribution is 6.17. The van der Waals surface area contributed by atoms with E-state index in [1.165, 1.54) is 0 Å². The number of pyridine rings is 1. The summed E-state index contributed by atoms with van der Waals surface area (Å²) in [4.78, 5) is 15.7. The molecule has 3 nitrogen and oxygen atoms in total. The fourth-order valence-electron chi connectivity index (χ4n) is 1.25. The van der Waals surface area contributed by atoms with Gasteiger partial charge in [-0.15, -0.1) is 11.6 Å². The first kappa shape index (κ1) is 13.0. The largest absolute Gasteiger partial charge is 0.350 e. The Bertz CT molecular complexity index is 338. The van der Waals surface area contributed by atoms with E-state index in [1.807, 2.05) is 0 Å². The predicted molar refractivity (Wildman–Crippen MR) is 65.7 cm³/mol. The number of alkyl halides is 1. The number of nitrogens with one attached hydrogen (secondary N) is 1. The van der Waals surface area contributed by atoms with Gasteiger partial charge in [0.15, 0.2) is 0 Å². The van der Waals surface area contributed by atoms with Crippen LogP contribution in [-0.2, 0) is 0 Å². The molecule has 0 aliphatic rings. The molecule has 0 atom stereocenters. The molecule has 1 heterocycles. The number of nitrogens with zero attached hydrogens (tertiary/aromatic N) is 1. The Balaban J connectivity index is 2.48. The molecule has 0 aromatic carbocycles. The maximum atomic E-state index is 11.7. The number of carbonyl (C=O) groups is 1. The zero-order valence-corrected chi connectivity index (χ0v) is 10.4. The molecule has 0 fully saturated rings. The molecule has 0 aliphatic carbocycles. The number of hydrogen-bond acceptors (Lipinski definition) is 2. The fraction of sp³-hybridized carbons (Fsp3) is 0.500. The first-order valence-electron chi connectivity index (χ1n) is 5.30. The van der Waals surface area contributed by atoms with Crippen LogP contribution in [-0.4, -0.2) is 23.3 Å². The van der Waals surface area contributed by atoms with E-state index >= 15 is 0 Å². The van der Waals surface area contributed by atoms with Crippen molar-refractivity contribution in [2.75, 3.05) is 12.4 Å². The second-order valence-corrected chi connectivity index (χ2v) is 4.88. The molecule has 1 N–H and O–H groups in total. The molecule has 0 aliphatic heterocycles. The molecule has 1 rings (SSSR count). The van der Waals surface area contributed by atoms with Gasteiger partial charge in [-0.1, -0.05) is 19.9 Å². The van der Waals surface area contributed by atoms with Crippen LogP contribution in [0.5, 0.6) is 0 Å². The van der Waals surface area contributed by atoms with E-state index in [0.717, 1.165) is 6.42 Å². The van der Waals surface area contributed by atoms with E-state index in [-0.39, 0.29) is 11.3 Å². The van der Waals surface area contributed by atoms with Crippen LogP contribution in [0.15, 0.2) is 24.4 Å². The van der Waals surface area contributed by atoms with Gasteiger partial charge in [-0.3, -0.25) is 9.78 Å². The first-order valence-corrected chi connectivity index (χ1v) is 5.84. The molecule has 1 amide bonds. The van der Waals surface area contributed by atoms with Crippen LogP contribution >= 0.6 is 11.6 Å². The molecule has 0 unspecified atom stereocenters. The summed E-state index contributed by atoms with van der Waals surface area (Å²) in [6.45, 7) is 4.76. The summed E-state index contributed by atoms with van der Waals surface area (Å²) in [5, 5.41) is 2.86. The van der Waals surface area contributed by atoms with Crippen LogP contribution in [0, 0.1) is 5.41 Å². The molecule has 0 radical (unpaired) electrons. The Labute approximate surface area is 101 Å². The van der Waals surface area contributed by atoms with Gasteiger partial charge in [-0.05, 0) is 24.0 Å². The summed E-state index contributed by atoms with van der Waals surface area (Å²) in [6.07, 6.45) is 2.48. The predicted octanol–water partition coefficient (Wildman–Crippen LogP) is 2.47. The smallest absolute Gasteiger partial charge is 0.269 e. The van der Waals surface area contributed by atoms with E-state index in [9.17, 15) is 4.79 Å². The van der Waals surface area contributed by atoms with Crippen molar-refractivity contribution in [1.29, 1.82) is 0 Å². The number of rotatable bonds is 5. The number of halogens is 1. The summed E-state index contributed by atoms with van der Waals surface area (Å²) in [7, 11) is 0. The highest BCUT2D eigenvalue weighted by Gasteiger charge is 2.18. The molecule has 0 bridgehead atoms. The molecule has 88 valence electrons. The van der Waals surface area contributed by atoms with Gasteiger partial charge in [-0.2, -0.15) is 0 Å². The molecule has 1 aromatic heterocycles. The van der Waals surface area contributed by atoms with Crippen LogP contribution < -0.4 is 5.32 Å². The van der Waals surface area contributed by atoms with Crippen molar-refractivity contribution in [2.24, 2.45) is 5.41 Å². The van der Waals surface area contributed by atoms with Crippen LogP contribution in [0.25, 0.3) is 0 Å². The quantitative estimate of drug-likeness (QED) is 0.804. The lowest BCUT2D eigenvalue weighted by Crippen LogP contribution is -2.34. The van der Waals surface area contributed by atoms with Crippen molar-refractivity contribution < 1.29 is 4.79 Å². The Morgan fingerprint density at radius 3 is 2.81 bits per heavy atom. The number of carbonyl (C=O) groups excluding carboxylic acids is 1. The highest BCUT2D eigenvalue weighted by Crippen LogP contribution is 2.19. The van der Waals surface area contributed by atoms with Gasteiger partial charge < -0.3 is 5.32 Å². The Hall–Kier alpha value is -1.09. The molecule has 16 heavy (non-hydrogen) atoms. The summed E-state index contributed by atoms with van der Waals surface area (Å²) in [5.74, 6) is 0.468. The van der Waals surface area contributed by atoms with Gasteiger partial charge in [0.1, 0.15) is 5.69 Å². The van der Waals surface area contributed by atoms with E-state index in [4.69, 9.17) is 11.6 Å². The van der Waals surface area contributed by atoms with Gasteiger partial charge in [-0.25, -0.2) is 0 Å². The highest BCUT2D eigenvalue weighted by atomic mass is 35.5. The zero-order valence-electron chi connectivity index (χ0n) is 9.66. The maximum Gasteiger partial charge on any atom is 0.269 e. The first-order chi connectivity index (χ1) is 7.55. The SMILES string of the molecule is CC(C)(CCCl)CNC(=O)c1ccccn1. The van der Waals surface area contributed by atoms with Crippen LogP contribution in [0.4, 0.5) is 0 Å². The van der Waals surface area contributed by atoms with Crippen molar-refractivity contribution in [3.8, 4) is 0 Å². The number of hydrogen-bond donors (Lipinski definition) is 1. The van der Waals surface area contributed by atoms with Crippen LogP contribution in [0.3, 0.4) is 0 Å². The summed E-state index contributed by atoms with van der Waals surface area (Å²) >= 11 is 5.69. The van der Waals surface area contributed by atoms with Crippen molar-refractivity contribution in [1.82, 2.24) is 10.3 Å². The standard InChI is InChI=1S/C12H17ClN2O/c1-12(2,6-7-13)9-15-11(16)10-5-3-4-8-14-10/h3-5,8H,6-7,9H2,1-2H3,(H,15,16). The Morgan fingerprint density at radius 2 is 2.25 bits per heavy atom. The zero-order chi connectivity index (χ0) is 12.0. The van der Waals surface area contributed by atoms with Gasteiger partial charge in [0.25, 0.3) is 5.91 Å². The minimum Gasteiger partial charge on any atom is -0.350 e. The third-order valence-corrected chi connectivity index (χ3v) is 2.59.